The van der Waals surface area contributed by atoms with Crippen LogP contribution in [0.5, 0.6) is 5.75 Å². The number of cyclic esters (lactones) is 1. The number of allylic oxidation sites excluding steroid dienone is 1. The van der Waals surface area contributed by atoms with E-state index >= 15 is 0 Å². The normalized spacial score (nSPS) is 25.9. The Morgan fingerprint density at radius 1 is 1.35 bits per heavy atom. The van der Waals surface area contributed by atoms with E-state index in [0.717, 1.165) is 5.75 Å². The zero-order valence-electron chi connectivity index (χ0n) is 12.9. The molecule has 23 heavy (non-hydrogen) atoms. The second-order valence-electron chi connectivity index (χ2n) is 5.66. The van der Waals surface area contributed by atoms with Gasteiger partial charge in [0.15, 0.2) is 0 Å². The molecular weight excluding hydrogens is 296 g/mol. The lowest BCUT2D eigenvalue weighted by Crippen LogP contribution is -2.25. The predicted octanol–water partition coefficient (Wildman–Crippen LogP) is 2.43. The molecule has 0 radical (unpaired) electrons. The summed E-state index contributed by atoms with van der Waals surface area (Å²) in [6, 6.07) is 9.37. The third-order valence-electron chi connectivity index (χ3n) is 4.03. The minimum absolute atomic E-state index is 0.284. The highest BCUT2D eigenvalue weighted by atomic mass is 16.6. The molecule has 1 saturated heterocycles. The molecule has 0 N–H and O–H groups in total. The van der Waals surface area contributed by atoms with E-state index in [4.69, 9.17) is 14.2 Å². The highest BCUT2D eigenvalue weighted by molar-refractivity contribution is 5.93. The van der Waals surface area contributed by atoms with Crippen molar-refractivity contribution in [3.8, 4) is 5.75 Å². The molecule has 2 atom stereocenters. The van der Waals surface area contributed by atoms with Gasteiger partial charge in [-0.1, -0.05) is 36.4 Å². The van der Waals surface area contributed by atoms with Gasteiger partial charge in [0, 0.05) is 12.0 Å². The number of ether oxygens (including phenoxy) is 3. The third kappa shape index (κ3) is 3.13. The van der Waals surface area contributed by atoms with Gasteiger partial charge >= 0.3 is 11.9 Å². The lowest BCUT2D eigenvalue weighted by molar-refractivity contribution is -0.146. The van der Waals surface area contributed by atoms with Crippen molar-refractivity contribution in [2.75, 3.05) is 13.7 Å². The van der Waals surface area contributed by atoms with Crippen molar-refractivity contribution in [3.05, 3.63) is 54.1 Å². The van der Waals surface area contributed by atoms with Crippen molar-refractivity contribution in [2.24, 2.45) is 5.41 Å². The Bertz CT molecular complexity index is 661. The molecule has 120 valence electrons. The molecular formula is C18H18O5. The molecule has 5 heteroatoms. The van der Waals surface area contributed by atoms with Crippen LogP contribution in [0.2, 0.25) is 0 Å². The maximum absolute atomic E-state index is 12.3. The van der Waals surface area contributed by atoms with E-state index in [0.29, 0.717) is 18.4 Å². The summed E-state index contributed by atoms with van der Waals surface area (Å²) in [4.78, 5) is 24.0. The van der Waals surface area contributed by atoms with Gasteiger partial charge in [-0.25, -0.2) is 4.79 Å². The van der Waals surface area contributed by atoms with E-state index < -0.39 is 11.4 Å². The number of para-hydroxylation sites is 1. The highest BCUT2D eigenvalue weighted by Gasteiger charge is 2.47. The van der Waals surface area contributed by atoms with E-state index in [2.05, 4.69) is 0 Å². The first kappa shape index (κ1) is 15.3. The van der Waals surface area contributed by atoms with Gasteiger partial charge in [-0.2, -0.15) is 0 Å². The molecule has 0 aromatic heterocycles. The summed E-state index contributed by atoms with van der Waals surface area (Å²) in [6.07, 6.45) is 5.87. The van der Waals surface area contributed by atoms with Crippen molar-refractivity contribution in [2.45, 2.75) is 18.9 Å². The monoisotopic (exact) mass is 314 g/mol. The van der Waals surface area contributed by atoms with Gasteiger partial charge in [-0.15, -0.1) is 0 Å². The van der Waals surface area contributed by atoms with E-state index in [1.165, 1.54) is 7.11 Å². The average Bonchev–Trinajstić information content (AvgIpc) is 2.88. The van der Waals surface area contributed by atoms with Crippen LogP contribution in [0.1, 0.15) is 12.8 Å². The van der Waals surface area contributed by atoms with Crippen molar-refractivity contribution in [1.82, 2.24) is 0 Å². The lowest BCUT2D eigenvalue weighted by atomic mass is 9.79. The molecule has 1 aromatic rings. The molecule has 1 aliphatic carbocycles. The number of hydrogen-bond acceptors (Lipinski definition) is 5. The first-order valence-corrected chi connectivity index (χ1v) is 7.50. The molecule has 0 bridgehead atoms. The maximum Gasteiger partial charge on any atom is 0.333 e. The number of carbonyl (C=O) groups excluding carboxylic acids is 2. The van der Waals surface area contributed by atoms with Gasteiger partial charge in [0.05, 0.1) is 7.11 Å². The number of benzene rings is 1. The van der Waals surface area contributed by atoms with Crippen LogP contribution < -0.4 is 4.74 Å². The Morgan fingerprint density at radius 3 is 2.87 bits per heavy atom. The quantitative estimate of drug-likeness (QED) is 0.631. The first-order chi connectivity index (χ1) is 11.1. The van der Waals surface area contributed by atoms with Crippen LogP contribution in [-0.4, -0.2) is 31.8 Å². The summed E-state index contributed by atoms with van der Waals surface area (Å²) < 4.78 is 15.8. The molecule has 0 saturated carbocycles. The minimum atomic E-state index is -0.882. The van der Waals surface area contributed by atoms with Crippen LogP contribution in [0.15, 0.2) is 54.1 Å². The van der Waals surface area contributed by atoms with E-state index in [-0.39, 0.29) is 18.7 Å². The Balaban J connectivity index is 1.69. The summed E-state index contributed by atoms with van der Waals surface area (Å²) in [5.74, 6) is -0.0310. The molecule has 1 aliphatic heterocycles. The minimum Gasteiger partial charge on any atom is -0.490 e. The summed E-state index contributed by atoms with van der Waals surface area (Å²) in [6.45, 7) is 0.284. The van der Waals surface area contributed by atoms with Gasteiger partial charge in [0.25, 0.3) is 0 Å². The van der Waals surface area contributed by atoms with Crippen LogP contribution in [0, 0.1) is 5.41 Å². The lowest BCUT2D eigenvalue weighted by Gasteiger charge is -2.21. The van der Waals surface area contributed by atoms with E-state index in [1.54, 1.807) is 6.08 Å². The molecule has 1 fully saturated rings. The molecule has 1 aromatic carbocycles. The smallest absolute Gasteiger partial charge is 0.333 e. The molecule has 2 unspecified atom stereocenters. The second-order valence-corrected chi connectivity index (χ2v) is 5.66. The number of carbonyl (C=O) groups is 2. The van der Waals surface area contributed by atoms with Crippen molar-refractivity contribution < 1.29 is 23.8 Å². The van der Waals surface area contributed by atoms with Crippen LogP contribution in [0.25, 0.3) is 0 Å². The number of esters is 2. The number of methoxy groups -OCH3 is 1. The largest absolute Gasteiger partial charge is 0.490 e. The summed E-state index contributed by atoms with van der Waals surface area (Å²) >= 11 is 0. The van der Waals surface area contributed by atoms with Gasteiger partial charge in [0.2, 0.25) is 0 Å². The molecule has 1 spiro atoms. The molecule has 3 rings (SSSR count). The van der Waals surface area contributed by atoms with Crippen LogP contribution >= 0.6 is 0 Å². The van der Waals surface area contributed by atoms with Crippen molar-refractivity contribution >= 4 is 11.9 Å². The SMILES string of the molecule is COC(=O)C1=CC2(C=CC1)CC(COc1ccccc1)OC2=O. The van der Waals surface area contributed by atoms with Gasteiger partial charge in [-0.3, -0.25) is 4.79 Å². The van der Waals surface area contributed by atoms with Gasteiger partial charge in [0.1, 0.15) is 23.9 Å². The van der Waals surface area contributed by atoms with Crippen molar-refractivity contribution in [1.29, 1.82) is 0 Å². The Hall–Kier alpha value is -2.56. The highest BCUT2D eigenvalue weighted by Crippen LogP contribution is 2.41. The predicted molar refractivity (Wildman–Crippen MR) is 82.7 cm³/mol. The van der Waals surface area contributed by atoms with Crippen LogP contribution in [0.3, 0.4) is 0 Å². The zero-order chi connectivity index (χ0) is 16.3. The summed E-state index contributed by atoms with van der Waals surface area (Å²) in [5.41, 5.74) is -0.400. The topological polar surface area (TPSA) is 61.8 Å². The Morgan fingerprint density at radius 2 is 2.13 bits per heavy atom. The van der Waals surface area contributed by atoms with E-state index in [9.17, 15) is 9.59 Å². The van der Waals surface area contributed by atoms with Crippen LogP contribution in [0.4, 0.5) is 0 Å². The Labute approximate surface area is 134 Å². The zero-order valence-corrected chi connectivity index (χ0v) is 12.9. The third-order valence-corrected chi connectivity index (χ3v) is 4.03. The molecule has 0 amide bonds. The fourth-order valence-corrected chi connectivity index (χ4v) is 2.90. The first-order valence-electron chi connectivity index (χ1n) is 7.50. The fraction of sp³-hybridized carbons (Fsp3) is 0.333. The maximum atomic E-state index is 12.3. The molecule has 5 nitrogen and oxygen atoms in total. The summed E-state index contributed by atoms with van der Waals surface area (Å²) in [5, 5.41) is 0. The second kappa shape index (κ2) is 6.28. The van der Waals surface area contributed by atoms with Gasteiger partial charge in [-0.05, 0) is 18.6 Å². The fourth-order valence-electron chi connectivity index (χ4n) is 2.90. The van der Waals surface area contributed by atoms with Crippen LogP contribution in [-0.2, 0) is 19.1 Å². The van der Waals surface area contributed by atoms with E-state index in [1.807, 2.05) is 42.5 Å². The number of rotatable bonds is 4. The average molecular weight is 314 g/mol. The standard InChI is InChI=1S/C18H18O5/c1-21-16(19)13-6-5-9-18(10-13)11-15(23-17(18)20)12-22-14-7-3-2-4-8-14/h2-5,7-10,15H,6,11-12H2,1H3. The van der Waals surface area contributed by atoms with Crippen molar-refractivity contribution in [3.63, 3.8) is 0 Å². The Kier molecular flexibility index (Phi) is 4.19. The molecule has 2 aliphatic rings. The summed E-state index contributed by atoms with van der Waals surface area (Å²) in [7, 11) is 1.33. The van der Waals surface area contributed by atoms with Gasteiger partial charge < -0.3 is 14.2 Å². The number of hydrogen-bond donors (Lipinski definition) is 0. The molecule has 1 heterocycles.